The summed E-state index contributed by atoms with van der Waals surface area (Å²) in [4.78, 5) is 21.9. The van der Waals surface area contributed by atoms with Crippen LogP contribution in [0.3, 0.4) is 0 Å². The molecule has 6 nitrogen and oxygen atoms in total. The number of carbonyl (C=O) groups excluding carboxylic acids is 1. The first kappa shape index (κ1) is 17.3. The number of piperidine rings is 1. The third-order valence-corrected chi connectivity index (χ3v) is 5.66. The van der Waals surface area contributed by atoms with Gasteiger partial charge in [0.25, 0.3) is 0 Å². The fraction of sp³-hybridized carbons (Fsp3) is 0.600. The van der Waals surface area contributed by atoms with Gasteiger partial charge in [-0.2, -0.15) is 0 Å². The Morgan fingerprint density at radius 2 is 2.12 bits per heavy atom. The minimum absolute atomic E-state index is 0.0181. The number of ether oxygens (including phenoxy) is 1. The van der Waals surface area contributed by atoms with Crippen LogP contribution in [0.4, 0.5) is 4.79 Å². The molecule has 2 aliphatic rings. The van der Waals surface area contributed by atoms with Crippen molar-refractivity contribution in [2.75, 3.05) is 13.1 Å². The summed E-state index contributed by atoms with van der Waals surface area (Å²) >= 11 is 0. The molecule has 3 heterocycles. The quantitative estimate of drug-likeness (QED) is 0.818. The number of aromatic amines is 1. The van der Waals surface area contributed by atoms with Crippen molar-refractivity contribution >= 4 is 17.1 Å². The average molecular weight is 357 g/mol. The number of β-amino-alcohol motifs (C(OH)–C–C–N with tert-alkyl or cyclic N) is 1. The normalized spacial score (nSPS) is 25.3. The molecule has 6 heteroatoms. The van der Waals surface area contributed by atoms with Crippen molar-refractivity contribution < 1.29 is 14.6 Å². The molecule has 1 saturated heterocycles. The van der Waals surface area contributed by atoms with Gasteiger partial charge in [-0.15, -0.1) is 0 Å². The Morgan fingerprint density at radius 1 is 1.35 bits per heavy atom. The molecule has 0 bridgehead atoms. The van der Waals surface area contributed by atoms with Crippen LogP contribution >= 0.6 is 0 Å². The van der Waals surface area contributed by atoms with E-state index in [0.717, 1.165) is 35.9 Å². The SMILES string of the molecule is CC(C)(C)OC(=O)N1CC2(CCC2)CC(O)(c2c[nH]c3ncccc23)C1. The summed E-state index contributed by atoms with van der Waals surface area (Å²) < 4.78 is 5.59. The van der Waals surface area contributed by atoms with Crippen molar-refractivity contribution in [3.8, 4) is 0 Å². The Morgan fingerprint density at radius 3 is 2.77 bits per heavy atom. The highest BCUT2D eigenvalue weighted by molar-refractivity contribution is 5.81. The van der Waals surface area contributed by atoms with Crippen molar-refractivity contribution in [2.24, 2.45) is 5.41 Å². The van der Waals surface area contributed by atoms with Crippen LogP contribution in [0.25, 0.3) is 11.0 Å². The van der Waals surface area contributed by atoms with E-state index in [1.165, 1.54) is 0 Å². The topological polar surface area (TPSA) is 78.5 Å². The number of H-pyrrole nitrogens is 1. The lowest BCUT2D eigenvalue weighted by molar-refractivity contribution is -0.116. The van der Waals surface area contributed by atoms with Gasteiger partial charge in [-0.1, -0.05) is 6.42 Å². The van der Waals surface area contributed by atoms with Crippen LogP contribution in [0.2, 0.25) is 0 Å². The van der Waals surface area contributed by atoms with E-state index in [0.29, 0.717) is 13.0 Å². The van der Waals surface area contributed by atoms with E-state index >= 15 is 0 Å². The van der Waals surface area contributed by atoms with Crippen molar-refractivity contribution in [1.29, 1.82) is 0 Å². The third-order valence-electron chi connectivity index (χ3n) is 5.66. The number of pyridine rings is 1. The molecule has 4 rings (SSSR count). The zero-order valence-corrected chi connectivity index (χ0v) is 15.7. The molecule has 26 heavy (non-hydrogen) atoms. The summed E-state index contributed by atoms with van der Waals surface area (Å²) in [6.45, 7) is 6.50. The molecule has 1 amide bonds. The van der Waals surface area contributed by atoms with Gasteiger partial charge in [-0.3, -0.25) is 0 Å². The molecule has 1 spiro atoms. The molecule has 1 saturated carbocycles. The summed E-state index contributed by atoms with van der Waals surface area (Å²) in [7, 11) is 0. The second kappa shape index (κ2) is 5.71. The van der Waals surface area contributed by atoms with Crippen LogP contribution in [0.15, 0.2) is 24.5 Å². The Hall–Kier alpha value is -2.08. The molecule has 2 fully saturated rings. The van der Waals surface area contributed by atoms with Gasteiger partial charge in [0.2, 0.25) is 0 Å². The molecule has 1 unspecified atom stereocenters. The van der Waals surface area contributed by atoms with Crippen molar-refractivity contribution in [1.82, 2.24) is 14.9 Å². The number of amides is 1. The summed E-state index contributed by atoms with van der Waals surface area (Å²) in [6, 6.07) is 3.84. The summed E-state index contributed by atoms with van der Waals surface area (Å²) in [5.74, 6) is 0. The molecule has 1 aliphatic carbocycles. The summed E-state index contributed by atoms with van der Waals surface area (Å²) in [5, 5.41) is 12.6. The number of aromatic nitrogens is 2. The summed E-state index contributed by atoms with van der Waals surface area (Å²) in [5.41, 5.74) is -0.0930. The maximum absolute atomic E-state index is 12.7. The number of nitrogens with one attached hydrogen (secondary N) is 1. The first-order valence-electron chi connectivity index (χ1n) is 9.33. The fourth-order valence-electron chi connectivity index (χ4n) is 4.50. The van der Waals surface area contributed by atoms with E-state index in [1.54, 1.807) is 11.1 Å². The van der Waals surface area contributed by atoms with Crippen LogP contribution in [-0.2, 0) is 10.3 Å². The van der Waals surface area contributed by atoms with Crippen LogP contribution in [0, 0.1) is 5.41 Å². The Labute approximate surface area is 153 Å². The van der Waals surface area contributed by atoms with Crippen molar-refractivity contribution in [3.63, 3.8) is 0 Å². The maximum atomic E-state index is 12.7. The second-order valence-electron chi connectivity index (χ2n) is 9.00. The third kappa shape index (κ3) is 2.96. The standard InChI is InChI=1S/C20H27N3O3/c1-18(2,3)26-17(24)23-12-19(7-5-8-19)11-20(25,13-23)15-10-22-16-14(15)6-4-9-21-16/h4,6,9-10,25H,5,7-8,11-13H2,1-3H3,(H,21,22). The van der Waals surface area contributed by atoms with Gasteiger partial charge in [0.05, 0.1) is 6.54 Å². The lowest BCUT2D eigenvalue weighted by atomic mass is 9.60. The van der Waals surface area contributed by atoms with Crippen molar-refractivity contribution in [2.45, 2.75) is 57.7 Å². The minimum atomic E-state index is -1.10. The minimum Gasteiger partial charge on any atom is -0.444 e. The van der Waals surface area contributed by atoms with Gasteiger partial charge < -0.3 is 19.7 Å². The van der Waals surface area contributed by atoms with E-state index in [2.05, 4.69) is 9.97 Å². The number of carbonyl (C=O) groups is 1. The Bertz CT molecular complexity index is 834. The molecule has 2 N–H and O–H groups in total. The lowest BCUT2D eigenvalue weighted by Gasteiger charge is -2.54. The molecule has 1 aliphatic heterocycles. The van der Waals surface area contributed by atoms with Crippen LogP contribution in [-0.4, -0.2) is 44.8 Å². The smallest absolute Gasteiger partial charge is 0.410 e. The highest BCUT2D eigenvalue weighted by Crippen LogP contribution is 2.53. The zero-order valence-electron chi connectivity index (χ0n) is 15.7. The Kier molecular flexibility index (Phi) is 3.81. The highest BCUT2D eigenvalue weighted by Gasteiger charge is 2.52. The van der Waals surface area contributed by atoms with Gasteiger partial charge >= 0.3 is 6.09 Å². The number of aliphatic hydroxyl groups is 1. The predicted octanol–water partition coefficient (Wildman–Crippen LogP) is 3.56. The number of likely N-dealkylation sites (tertiary alicyclic amines) is 1. The average Bonchev–Trinajstić information content (AvgIpc) is 2.96. The van der Waals surface area contributed by atoms with E-state index in [9.17, 15) is 9.90 Å². The molecule has 0 aromatic carbocycles. The number of nitrogens with zero attached hydrogens (tertiary/aromatic N) is 2. The molecule has 2 aromatic rings. The van der Waals surface area contributed by atoms with E-state index in [-0.39, 0.29) is 18.1 Å². The van der Waals surface area contributed by atoms with Crippen LogP contribution in [0.1, 0.15) is 52.0 Å². The zero-order chi connectivity index (χ0) is 18.6. The first-order valence-corrected chi connectivity index (χ1v) is 9.33. The molecular formula is C20H27N3O3. The summed E-state index contributed by atoms with van der Waals surface area (Å²) in [6.07, 6.45) is 7.11. The number of rotatable bonds is 1. The van der Waals surface area contributed by atoms with Crippen LogP contribution < -0.4 is 0 Å². The molecule has 0 radical (unpaired) electrons. The van der Waals surface area contributed by atoms with E-state index in [4.69, 9.17) is 4.74 Å². The molecular weight excluding hydrogens is 330 g/mol. The molecule has 2 aromatic heterocycles. The molecule has 140 valence electrons. The Balaban J connectivity index is 1.69. The number of hydrogen-bond donors (Lipinski definition) is 2. The van der Waals surface area contributed by atoms with E-state index in [1.807, 2.05) is 39.1 Å². The molecule has 1 atom stereocenters. The predicted molar refractivity (Wildman–Crippen MR) is 98.7 cm³/mol. The van der Waals surface area contributed by atoms with Gasteiger partial charge in [0.1, 0.15) is 16.8 Å². The van der Waals surface area contributed by atoms with Gasteiger partial charge in [0, 0.05) is 29.9 Å². The monoisotopic (exact) mass is 357 g/mol. The highest BCUT2D eigenvalue weighted by atomic mass is 16.6. The second-order valence-corrected chi connectivity index (χ2v) is 9.00. The first-order chi connectivity index (χ1) is 12.2. The lowest BCUT2D eigenvalue weighted by Crippen LogP contribution is -2.59. The number of fused-ring (bicyclic) bond motifs is 1. The fourth-order valence-corrected chi connectivity index (χ4v) is 4.50. The van der Waals surface area contributed by atoms with Crippen LogP contribution in [0.5, 0.6) is 0 Å². The van der Waals surface area contributed by atoms with Gasteiger partial charge in [-0.05, 0) is 57.6 Å². The van der Waals surface area contributed by atoms with Gasteiger partial charge in [0.15, 0.2) is 0 Å². The largest absolute Gasteiger partial charge is 0.444 e. The maximum Gasteiger partial charge on any atom is 0.410 e. The van der Waals surface area contributed by atoms with E-state index < -0.39 is 11.2 Å². The van der Waals surface area contributed by atoms with Crippen molar-refractivity contribution in [3.05, 3.63) is 30.1 Å². The van der Waals surface area contributed by atoms with Gasteiger partial charge in [-0.25, -0.2) is 9.78 Å². The number of hydrogen-bond acceptors (Lipinski definition) is 4.